The fourth-order valence-corrected chi connectivity index (χ4v) is 1.86. The lowest BCUT2D eigenvalue weighted by molar-refractivity contribution is 0.203. The number of hydrogen-bond acceptors (Lipinski definition) is 1. The molecule has 0 rings (SSSR count). The highest BCUT2D eigenvalue weighted by Gasteiger charge is 2.16. The van der Waals surface area contributed by atoms with Crippen molar-refractivity contribution >= 4 is 0 Å². The molecular formula is C14H26O. The second kappa shape index (κ2) is 6.18. The van der Waals surface area contributed by atoms with E-state index in [1.54, 1.807) is 0 Å². The summed E-state index contributed by atoms with van der Waals surface area (Å²) in [6.45, 7) is 12.9. The van der Waals surface area contributed by atoms with Crippen LogP contribution >= 0.6 is 0 Å². The smallest absolute Gasteiger partial charge is 0.115 e. The van der Waals surface area contributed by atoms with Gasteiger partial charge in [0.25, 0.3) is 0 Å². The van der Waals surface area contributed by atoms with Crippen molar-refractivity contribution in [3.8, 4) is 11.8 Å². The first-order chi connectivity index (χ1) is 6.73. The molecule has 1 heteroatoms. The molecule has 0 aliphatic rings. The summed E-state index contributed by atoms with van der Waals surface area (Å²) in [5.41, 5.74) is 0.0200. The molecule has 1 N–H and O–H groups in total. The molecule has 0 aliphatic heterocycles. The average molecular weight is 210 g/mol. The number of aliphatic hydroxyl groups is 1. The first kappa shape index (κ1) is 14.5. The van der Waals surface area contributed by atoms with E-state index in [2.05, 4.69) is 53.4 Å². The lowest BCUT2D eigenvalue weighted by atomic mass is 9.84. The van der Waals surface area contributed by atoms with Crippen molar-refractivity contribution in [2.75, 3.05) is 0 Å². The van der Waals surface area contributed by atoms with Crippen LogP contribution in [0.25, 0.3) is 0 Å². The third kappa shape index (κ3) is 8.51. The summed E-state index contributed by atoms with van der Waals surface area (Å²) >= 11 is 0. The van der Waals surface area contributed by atoms with Crippen molar-refractivity contribution in [3.05, 3.63) is 0 Å². The third-order valence-corrected chi connectivity index (χ3v) is 2.19. The van der Waals surface area contributed by atoms with E-state index in [0.717, 1.165) is 12.8 Å². The van der Waals surface area contributed by atoms with Gasteiger partial charge in [0.05, 0.1) is 0 Å². The molecule has 0 aromatic rings. The Morgan fingerprint density at radius 3 is 2.00 bits per heavy atom. The molecule has 0 saturated carbocycles. The third-order valence-electron chi connectivity index (χ3n) is 2.19. The predicted molar refractivity (Wildman–Crippen MR) is 66.5 cm³/mol. The van der Waals surface area contributed by atoms with E-state index in [-0.39, 0.29) is 5.41 Å². The lowest BCUT2D eigenvalue weighted by Crippen LogP contribution is -2.14. The van der Waals surface area contributed by atoms with E-state index in [9.17, 15) is 5.11 Å². The standard InChI is InChI=1S/C14H26O/c1-11(2)9-13(15)7-8-14(5,6)10-12(3)4/h11-13,15H,9-10H2,1-6H3. The Bertz CT molecular complexity index is 227. The van der Waals surface area contributed by atoms with Gasteiger partial charge in [0.2, 0.25) is 0 Å². The average Bonchev–Trinajstić information content (AvgIpc) is 1.97. The molecule has 1 unspecified atom stereocenters. The second-order valence-electron chi connectivity index (χ2n) is 5.90. The van der Waals surface area contributed by atoms with Gasteiger partial charge >= 0.3 is 0 Å². The summed E-state index contributed by atoms with van der Waals surface area (Å²) in [4.78, 5) is 0. The molecule has 0 aromatic carbocycles. The van der Waals surface area contributed by atoms with Crippen molar-refractivity contribution in [3.63, 3.8) is 0 Å². The number of aliphatic hydroxyl groups excluding tert-OH is 1. The van der Waals surface area contributed by atoms with Gasteiger partial charge in [0.15, 0.2) is 0 Å². The zero-order valence-corrected chi connectivity index (χ0v) is 11.1. The summed E-state index contributed by atoms with van der Waals surface area (Å²) in [6, 6.07) is 0. The van der Waals surface area contributed by atoms with E-state index in [0.29, 0.717) is 11.8 Å². The van der Waals surface area contributed by atoms with Crippen molar-refractivity contribution in [2.24, 2.45) is 17.3 Å². The molecule has 0 radical (unpaired) electrons. The summed E-state index contributed by atoms with van der Waals surface area (Å²) in [5, 5.41) is 9.64. The van der Waals surface area contributed by atoms with Crippen LogP contribution in [0.5, 0.6) is 0 Å². The first-order valence-corrected chi connectivity index (χ1v) is 5.93. The van der Waals surface area contributed by atoms with E-state index >= 15 is 0 Å². The molecule has 15 heavy (non-hydrogen) atoms. The molecule has 1 atom stereocenters. The van der Waals surface area contributed by atoms with Crippen molar-refractivity contribution in [2.45, 2.75) is 60.5 Å². The summed E-state index contributed by atoms with van der Waals surface area (Å²) < 4.78 is 0. The van der Waals surface area contributed by atoms with E-state index < -0.39 is 6.10 Å². The Morgan fingerprint density at radius 1 is 1.07 bits per heavy atom. The first-order valence-electron chi connectivity index (χ1n) is 5.93. The highest BCUT2D eigenvalue weighted by molar-refractivity contribution is 5.12. The van der Waals surface area contributed by atoms with Gasteiger partial charge in [0, 0.05) is 5.41 Å². The lowest BCUT2D eigenvalue weighted by Gasteiger charge is -2.20. The number of rotatable bonds is 4. The molecule has 0 aromatic heterocycles. The maximum absolute atomic E-state index is 9.64. The van der Waals surface area contributed by atoms with Crippen LogP contribution < -0.4 is 0 Å². The molecule has 0 saturated heterocycles. The Labute approximate surface area is 95.3 Å². The molecule has 88 valence electrons. The van der Waals surface area contributed by atoms with Crippen molar-refractivity contribution in [1.82, 2.24) is 0 Å². The van der Waals surface area contributed by atoms with Gasteiger partial charge in [0.1, 0.15) is 6.10 Å². The highest BCUT2D eigenvalue weighted by Crippen LogP contribution is 2.24. The van der Waals surface area contributed by atoms with Crippen LogP contribution in [0.15, 0.2) is 0 Å². The van der Waals surface area contributed by atoms with Crippen molar-refractivity contribution < 1.29 is 5.11 Å². The van der Waals surface area contributed by atoms with Crippen LogP contribution in [0, 0.1) is 29.1 Å². The van der Waals surface area contributed by atoms with Crippen LogP contribution in [-0.4, -0.2) is 11.2 Å². The van der Waals surface area contributed by atoms with Crippen LogP contribution in [0.2, 0.25) is 0 Å². The van der Waals surface area contributed by atoms with Crippen LogP contribution in [0.4, 0.5) is 0 Å². The Hall–Kier alpha value is -0.480. The fraction of sp³-hybridized carbons (Fsp3) is 0.857. The Balaban J connectivity index is 4.24. The minimum absolute atomic E-state index is 0.0200. The molecule has 0 spiro atoms. The molecule has 0 amide bonds. The zero-order chi connectivity index (χ0) is 12.1. The van der Waals surface area contributed by atoms with Gasteiger partial charge in [-0.05, 0) is 38.5 Å². The SMILES string of the molecule is CC(C)CC(O)C#CC(C)(C)CC(C)C. The normalized spacial score (nSPS) is 13.9. The van der Waals surface area contributed by atoms with E-state index in [4.69, 9.17) is 0 Å². The van der Waals surface area contributed by atoms with E-state index in [1.165, 1.54) is 0 Å². The largest absolute Gasteiger partial charge is 0.380 e. The topological polar surface area (TPSA) is 20.2 Å². The molecule has 0 bridgehead atoms. The summed E-state index contributed by atoms with van der Waals surface area (Å²) in [6.07, 6.45) is 1.38. The van der Waals surface area contributed by atoms with Gasteiger partial charge < -0.3 is 5.11 Å². The Kier molecular flexibility index (Phi) is 5.98. The zero-order valence-electron chi connectivity index (χ0n) is 11.1. The van der Waals surface area contributed by atoms with Gasteiger partial charge in [-0.25, -0.2) is 0 Å². The van der Waals surface area contributed by atoms with Gasteiger partial charge in [-0.1, -0.05) is 39.5 Å². The molecule has 0 aliphatic carbocycles. The van der Waals surface area contributed by atoms with Crippen molar-refractivity contribution in [1.29, 1.82) is 0 Å². The predicted octanol–water partition coefficient (Wildman–Crippen LogP) is 3.47. The van der Waals surface area contributed by atoms with Gasteiger partial charge in [-0.2, -0.15) is 0 Å². The summed E-state index contributed by atoms with van der Waals surface area (Å²) in [7, 11) is 0. The maximum atomic E-state index is 9.64. The second-order valence-corrected chi connectivity index (χ2v) is 5.90. The van der Waals surface area contributed by atoms with Crippen LogP contribution in [0.3, 0.4) is 0 Å². The van der Waals surface area contributed by atoms with Crippen LogP contribution in [-0.2, 0) is 0 Å². The minimum atomic E-state index is -0.462. The quantitative estimate of drug-likeness (QED) is 0.704. The molecular weight excluding hydrogens is 184 g/mol. The number of hydrogen-bond donors (Lipinski definition) is 1. The molecule has 0 heterocycles. The van der Waals surface area contributed by atoms with Crippen LogP contribution in [0.1, 0.15) is 54.4 Å². The summed E-state index contributed by atoms with van der Waals surface area (Å²) in [5.74, 6) is 7.31. The monoisotopic (exact) mass is 210 g/mol. The molecule has 0 fully saturated rings. The van der Waals surface area contributed by atoms with Gasteiger partial charge in [-0.15, -0.1) is 0 Å². The highest BCUT2D eigenvalue weighted by atomic mass is 16.3. The Morgan fingerprint density at radius 2 is 1.60 bits per heavy atom. The molecule has 1 nitrogen and oxygen atoms in total. The van der Waals surface area contributed by atoms with Gasteiger partial charge in [-0.3, -0.25) is 0 Å². The maximum Gasteiger partial charge on any atom is 0.115 e. The fourth-order valence-electron chi connectivity index (χ4n) is 1.86. The minimum Gasteiger partial charge on any atom is -0.380 e. The van der Waals surface area contributed by atoms with E-state index in [1.807, 2.05) is 0 Å².